The number of ether oxygens (including phenoxy) is 1. The summed E-state index contributed by atoms with van der Waals surface area (Å²) in [6, 6.07) is 21.0. The summed E-state index contributed by atoms with van der Waals surface area (Å²) in [6.45, 7) is 5.21. The van der Waals surface area contributed by atoms with Crippen molar-refractivity contribution in [2.45, 2.75) is 39.7 Å². The van der Waals surface area contributed by atoms with Crippen molar-refractivity contribution in [1.29, 1.82) is 0 Å². The lowest BCUT2D eigenvalue weighted by Crippen LogP contribution is -2.31. The third-order valence-electron chi connectivity index (χ3n) is 6.20. The van der Waals surface area contributed by atoms with E-state index in [2.05, 4.69) is 0 Å². The molecule has 1 atom stereocenters. The minimum absolute atomic E-state index is 0.0455. The molecule has 1 amide bonds. The Kier molecular flexibility index (Phi) is 6.82. The monoisotopic (exact) mass is 469 g/mol. The summed E-state index contributed by atoms with van der Waals surface area (Å²) < 4.78 is 5.24. The Morgan fingerprint density at radius 1 is 0.943 bits per heavy atom. The molecule has 6 nitrogen and oxygen atoms in total. The summed E-state index contributed by atoms with van der Waals surface area (Å²) in [5.74, 6) is -1.68. The van der Waals surface area contributed by atoms with Gasteiger partial charge in [0.1, 0.15) is 5.75 Å². The molecule has 0 aromatic heterocycles. The number of aliphatic hydroxyl groups excluding tert-OH is 1. The second-order valence-electron chi connectivity index (χ2n) is 8.68. The average Bonchev–Trinajstić information content (AvgIpc) is 3.10. The summed E-state index contributed by atoms with van der Waals surface area (Å²) in [5, 5.41) is 10.9. The zero-order valence-corrected chi connectivity index (χ0v) is 19.9. The van der Waals surface area contributed by atoms with Crippen molar-refractivity contribution < 1.29 is 24.2 Å². The van der Waals surface area contributed by atoms with Crippen LogP contribution >= 0.6 is 0 Å². The molecular weight excluding hydrogens is 442 g/mol. The van der Waals surface area contributed by atoms with E-state index in [0.717, 1.165) is 16.7 Å². The van der Waals surface area contributed by atoms with E-state index in [-0.39, 0.29) is 17.8 Å². The molecule has 0 spiro atoms. The van der Waals surface area contributed by atoms with Crippen LogP contribution in [0, 0.1) is 13.8 Å². The largest absolute Gasteiger partial charge is 0.503 e. The molecule has 178 valence electrons. The number of Topliss-reactive ketones (excluding diaryl/α,β-unsaturated/α-hetero) is 1. The van der Waals surface area contributed by atoms with E-state index in [1.54, 1.807) is 30.3 Å². The molecule has 3 aromatic rings. The fourth-order valence-electron chi connectivity index (χ4n) is 4.30. The topological polar surface area (TPSA) is 83.9 Å². The van der Waals surface area contributed by atoms with Gasteiger partial charge in [0, 0.05) is 19.0 Å². The van der Waals surface area contributed by atoms with Crippen molar-refractivity contribution in [2.24, 2.45) is 0 Å². The maximum atomic E-state index is 13.4. The fraction of sp³-hybridized carbons (Fsp3) is 0.207. The second kappa shape index (κ2) is 9.97. The van der Waals surface area contributed by atoms with Gasteiger partial charge in [0.2, 0.25) is 0 Å². The highest BCUT2D eigenvalue weighted by Crippen LogP contribution is 2.42. The predicted molar refractivity (Wildman–Crippen MR) is 133 cm³/mol. The quantitative estimate of drug-likeness (QED) is 0.373. The standard InChI is InChI=1S/C29H27NO5/c1-18-12-14-23(16-19(18)2)30-27(22-10-7-11-24(17-22)35-20(3)31)26(28(33)29(30)34)25(32)15-13-21-8-5-4-6-9-21/h4-12,14,16-17,27,33H,13,15H2,1-3H3. The first-order valence-electron chi connectivity index (χ1n) is 11.5. The van der Waals surface area contributed by atoms with Gasteiger partial charge in [0.15, 0.2) is 11.5 Å². The molecule has 1 aliphatic heterocycles. The lowest BCUT2D eigenvalue weighted by Gasteiger charge is -2.27. The normalized spacial score (nSPS) is 15.5. The van der Waals surface area contributed by atoms with Crippen molar-refractivity contribution >= 4 is 23.3 Å². The smallest absolute Gasteiger partial charge is 0.308 e. The number of carbonyl (C=O) groups is 3. The van der Waals surface area contributed by atoms with Crippen LogP contribution in [0.2, 0.25) is 0 Å². The first kappa shape index (κ1) is 24.0. The van der Waals surface area contributed by atoms with Crippen LogP contribution in [0.3, 0.4) is 0 Å². The van der Waals surface area contributed by atoms with Gasteiger partial charge in [0.05, 0.1) is 11.6 Å². The van der Waals surface area contributed by atoms with Crippen molar-refractivity contribution in [3.05, 3.63) is 106 Å². The number of aliphatic hydroxyl groups is 1. The second-order valence-corrected chi connectivity index (χ2v) is 8.68. The SMILES string of the molecule is CC(=O)Oc1cccc(C2C(C(=O)CCc3ccccc3)=C(O)C(=O)N2c2ccc(C)c(C)c2)c1. The number of hydrogen-bond donors (Lipinski definition) is 1. The number of esters is 1. The molecular formula is C29H27NO5. The molecule has 0 radical (unpaired) electrons. The van der Waals surface area contributed by atoms with E-state index in [0.29, 0.717) is 23.4 Å². The number of amides is 1. The Bertz CT molecular complexity index is 1330. The number of aryl methyl sites for hydroxylation is 3. The Hall–Kier alpha value is -4.19. The molecule has 1 N–H and O–H groups in total. The first-order valence-corrected chi connectivity index (χ1v) is 11.5. The van der Waals surface area contributed by atoms with Crippen LogP contribution in [-0.2, 0) is 20.8 Å². The maximum Gasteiger partial charge on any atom is 0.308 e. The number of benzene rings is 3. The van der Waals surface area contributed by atoms with Gasteiger partial charge in [-0.2, -0.15) is 0 Å². The van der Waals surface area contributed by atoms with Gasteiger partial charge in [0.25, 0.3) is 5.91 Å². The van der Waals surface area contributed by atoms with Gasteiger partial charge in [-0.3, -0.25) is 19.3 Å². The number of nitrogens with zero attached hydrogens (tertiary/aromatic N) is 1. The third-order valence-corrected chi connectivity index (χ3v) is 6.20. The number of hydrogen-bond acceptors (Lipinski definition) is 5. The van der Waals surface area contributed by atoms with Crippen molar-refractivity contribution in [1.82, 2.24) is 0 Å². The van der Waals surface area contributed by atoms with Crippen LogP contribution in [0.4, 0.5) is 5.69 Å². The highest BCUT2D eigenvalue weighted by molar-refractivity contribution is 6.16. The Morgan fingerprint density at radius 3 is 2.37 bits per heavy atom. The van der Waals surface area contributed by atoms with E-state index < -0.39 is 23.7 Å². The third kappa shape index (κ3) is 5.01. The molecule has 1 heterocycles. The fourth-order valence-corrected chi connectivity index (χ4v) is 4.30. The summed E-state index contributed by atoms with van der Waals surface area (Å²) in [5.41, 5.74) is 4.20. The Balaban J connectivity index is 1.77. The predicted octanol–water partition coefficient (Wildman–Crippen LogP) is 5.33. The summed E-state index contributed by atoms with van der Waals surface area (Å²) in [7, 11) is 0. The average molecular weight is 470 g/mol. The van der Waals surface area contributed by atoms with Crippen LogP contribution in [0.25, 0.3) is 0 Å². The molecule has 0 saturated carbocycles. The molecule has 6 heteroatoms. The van der Waals surface area contributed by atoms with Crippen molar-refractivity contribution in [3.63, 3.8) is 0 Å². The highest BCUT2D eigenvalue weighted by Gasteiger charge is 2.44. The molecule has 0 saturated heterocycles. The number of anilines is 1. The summed E-state index contributed by atoms with van der Waals surface area (Å²) >= 11 is 0. The lowest BCUT2D eigenvalue weighted by atomic mass is 9.92. The Labute approximate surface area is 204 Å². The van der Waals surface area contributed by atoms with Gasteiger partial charge in [-0.1, -0.05) is 48.5 Å². The minimum atomic E-state index is -0.858. The molecule has 0 bridgehead atoms. The van der Waals surface area contributed by atoms with Crippen LogP contribution in [0.5, 0.6) is 5.75 Å². The van der Waals surface area contributed by atoms with E-state index in [9.17, 15) is 19.5 Å². The maximum absolute atomic E-state index is 13.4. The zero-order valence-electron chi connectivity index (χ0n) is 19.9. The van der Waals surface area contributed by atoms with Crippen molar-refractivity contribution in [2.75, 3.05) is 4.90 Å². The highest BCUT2D eigenvalue weighted by atomic mass is 16.5. The van der Waals surface area contributed by atoms with E-state index in [1.165, 1.54) is 11.8 Å². The summed E-state index contributed by atoms with van der Waals surface area (Å²) in [6.07, 6.45) is 0.617. The molecule has 1 aliphatic rings. The Morgan fingerprint density at radius 2 is 1.69 bits per heavy atom. The van der Waals surface area contributed by atoms with E-state index >= 15 is 0 Å². The van der Waals surface area contributed by atoms with Crippen LogP contribution < -0.4 is 9.64 Å². The first-order chi connectivity index (χ1) is 16.8. The van der Waals surface area contributed by atoms with Crippen LogP contribution in [-0.4, -0.2) is 22.8 Å². The van der Waals surface area contributed by atoms with Crippen molar-refractivity contribution in [3.8, 4) is 5.75 Å². The van der Waals surface area contributed by atoms with Gasteiger partial charge in [-0.15, -0.1) is 0 Å². The van der Waals surface area contributed by atoms with E-state index in [1.807, 2.05) is 56.3 Å². The van der Waals surface area contributed by atoms with Gasteiger partial charge in [-0.05, 0) is 66.8 Å². The number of carbonyl (C=O) groups excluding carboxylic acids is 3. The molecule has 35 heavy (non-hydrogen) atoms. The van der Waals surface area contributed by atoms with E-state index in [4.69, 9.17) is 4.74 Å². The van der Waals surface area contributed by atoms with Gasteiger partial charge >= 0.3 is 5.97 Å². The van der Waals surface area contributed by atoms with Crippen LogP contribution in [0.1, 0.15) is 41.6 Å². The molecule has 1 unspecified atom stereocenters. The summed E-state index contributed by atoms with van der Waals surface area (Å²) in [4.78, 5) is 39.7. The molecule has 0 fully saturated rings. The number of rotatable bonds is 7. The van der Waals surface area contributed by atoms with Gasteiger partial charge in [-0.25, -0.2) is 0 Å². The lowest BCUT2D eigenvalue weighted by molar-refractivity contribution is -0.132. The minimum Gasteiger partial charge on any atom is -0.503 e. The van der Waals surface area contributed by atoms with Crippen LogP contribution in [0.15, 0.2) is 84.1 Å². The molecule has 4 rings (SSSR count). The zero-order chi connectivity index (χ0) is 25.1. The van der Waals surface area contributed by atoms with Gasteiger partial charge < -0.3 is 9.84 Å². The number of ketones is 1. The molecule has 3 aromatic carbocycles. The molecule has 0 aliphatic carbocycles.